The van der Waals surface area contributed by atoms with Crippen LogP contribution in [0.15, 0.2) is 23.1 Å². The van der Waals surface area contributed by atoms with Gasteiger partial charge in [0.25, 0.3) is 0 Å². The van der Waals surface area contributed by atoms with E-state index >= 15 is 0 Å². The van der Waals surface area contributed by atoms with Crippen molar-refractivity contribution in [1.29, 1.82) is 0 Å². The van der Waals surface area contributed by atoms with Gasteiger partial charge in [0.15, 0.2) is 0 Å². The molecule has 0 heterocycles. The largest absolute Gasteiger partial charge is 0.310 e. The molecule has 0 amide bonds. The molecule has 0 saturated heterocycles. The van der Waals surface area contributed by atoms with Crippen LogP contribution in [0.3, 0.4) is 0 Å². The molecule has 1 aromatic rings. The smallest absolute Gasteiger partial charge is 0.124 e. The maximum absolute atomic E-state index is 13.6. The molecular weight excluding hydrogens is 245 g/mol. The summed E-state index contributed by atoms with van der Waals surface area (Å²) in [6.45, 7) is 7.38. The molecule has 1 fully saturated rings. The van der Waals surface area contributed by atoms with Crippen LogP contribution in [-0.2, 0) is 6.54 Å². The molecule has 1 N–H and O–H groups in total. The van der Waals surface area contributed by atoms with Gasteiger partial charge < -0.3 is 5.32 Å². The van der Waals surface area contributed by atoms with Crippen molar-refractivity contribution in [3.8, 4) is 0 Å². The fraction of sp³-hybridized carbons (Fsp3) is 0.600. The Morgan fingerprint density at radius 2 is 2.00 bits per heavy atom. The van der Waals surface area contributed by atoms with Crippen LogP contribution >= 0.6 is 11.8 Å². The number of thioether (sulfide) groups is 1. The molecule has 0 radical (unpaired) electrons. The molecule has 1 nitrogen and oxygen atoms in total. The van der Waals surface area contributed by atoms with E-state index in [4.69, 9.17) is 0 Å². The van der Waals surface area contributed by atoms with E-state index < -0.39 is 0 Å². The van der Waals surface area contributed by atoms with Crippen LogP contribution in [0.2, 0.25) is 0 Å². The Morgan fingerprint density at radius 1 is 1.28 bits per heavy atom. The maximum Gasteiger partial charge on any atom is 0.124 e. The highest BCUT2D eigenvalue weighted by Crippen LogP contribution is 2.29. The van der Waals surface area contributed by atoms with E-state index in [-0.39, 0.29) is 5.82 Å². The number of halogens is 1. The average Bonchev–Trinajstić information content (AvgIpc) is 3.09. The highest BCUT2D eigenvalue weighted by Gasteiger charge is 2.20. The van der Waals surface area contributed by atoms with E-state index in [2.05, 4.69) is 32.2 Å². The van der Waals surface area contributed by atoms with Gasteiger partial charge in [0.2, 0.25) is 0 Å². The summed E-state index contributed by atoms with van der Waals surface area (Å²) in [5.41, 5.74) is 1.06. The SMILES string of the molecule is CC(C)C(C)Sc1cc(F)cc(CNC2CC2)c1. The zero-order valence-electron chi connectivity index (χ0n) is 11.4. The molecule has 2 rings (SSSR count). The molecule has 1 unspecified atom stereocenters. The van der Waals surface area contributed by atoms with Crippen molar-refractivity contribution in [3.05, 3.63) is 29.6 Å². The van der Waals surface area contributed by atoms with Crippen LogP contribution in [0.4, 0.5) is 4.39 Å². The second-order valence-electron chi connectivity index (χ2n) is 5.52. The Labute approximate surface area is 114 Å². The van der Waals surface area contributed by atoms with Crippen LogP contribution in [0.25, 0.3) is 0 Å². The summed E-state index contributed by atoms with van der Waals surface area (Å²) in [7, 11) is 0. The number of nitrogens with one attached hydrogen (secondary N) is 1. The van der Waals surface area contributed by atoms with Gasteiger partial charge >= 0.3 is 0 Å². The van der Waals surface area contributed by atoms with Gasteiger partial charge in [-0.2, -0.15) is 0 Å². The van der Waals surface area contributed by atoms with Gasteiger partial charge in [0.1, 0.15) is 5.82 Å². The summed E-state index contributed by atoms with van der Waals surface area (Å²) in [4.78, 5) is 1.05. The monoisotopic (exact) mass is 267 g/mol. The molecule has 0 aliphatic heterocycles. The molecule has 0 aromatic heterocycles. The van der Waals surface area contributed by atoms with Crippen LogP contribution in [0.1, 0.15) is 39.2 Å². The summed E-state index contributed by atoms with van der Waals surface area (Å²) in [6.07, 6.45) is 2.53. The van der Waals surface area contributed by atoms with Crippen LogP contribution < -0.4 is 5.32 Å². The lowest BCUT2D eigenvalue weighted by Gasteiger charge is -2.15. The van der Waals surface area contributed by atoms with E-state index in [0.29, 0.717) is 17.2 Å². The fourth-order valence-electron chi connectivity index (χ4n) is 1.69. The first-order valence-electron chi connectivity index (χ1n) is 6.74. The van der Waals surface area contributed by atoms with Crippen molar-refractivity contribution in [2.45, 2.75) is 56.3 Å². The topological polar surface area (TPSA) is 12.0 Å². The first kappa shape index (κ1) is 13.9. The molecule has 18 heavy (non-hydrogen) atoms. The lowest BCUT2D eigenvalue weighted by atomic mass is 10.2. The first-order valence-corrected chi connectivity index (χ1v) is 7.62. The van der Waals surface area contributed by atoms with Crippen molar-refractivity contribution in [2.24, 2.45) is 5.92 Å². The molecule has 0 spiro atoms. The lowest BCUT2D eigenvalue weighted by Crippen LogP contribution is -2.15. The Kier molecular flexibility index (Phi) is 4.68. The zero-order valence-corrected chi connectivity index (χ0v) is 12.2. The highest BCUT2D eigenvalue weighted by atomic mass is 32.2. The molecule has 1 aromatic carbocycles. The minimum Gasteiger partial charge on any atom is -0.310 e. The third kappa shape index (κ3) is 4.29. The van der Waals surface area contributed by atoms with E-state index in [9.17, 15) is 4.39 Å². The quantitative estimate of drug-likeness (QED) is 0.775. The summed E-state index contributed by atoms with van der Waals surface area (Å²) >= 11 is 1.76. The number of hydrogen-bond donors (Lipinski definition) is 1. The predicted molar refractivity (Wildman–Crippen MR) is 76.4 cm³/mol. The normalized spacial score (nSPS) is 17.2. The lowest BCUT2D eigenvalue weighted by molar-refractivity contribution is 0.614. The van der Waals surface area contributed by atoms with Gasteiger partial charge in [-0.05, 0) is 42.5 Å². The second-order valence-corrected chi connectivity index (χ2v) is 6.97. The van der Waals surface area contributed by atoms with E-state index in [1.165, 1.54) is 12.8 Å². The van der Waals surface area contributed by atoms with Gasteiger partial charge in [-0.1, -0.05) is 20.8 Å². The fourth-order valence-corrected chi connectivity index (χ4v) is 2.79. The van der Waals surface area contributed by atoms with Crippen molar-refractivity contribution < 1.29 is 4.39 Å². The number of hydrogen-bond acceptors (Lipinski definition) is 2. The van der Waals surface area contributed by atoms with Gasteiger partial charge in [-0.3, -0.25) is 0 Å². The van der Waals surface area contributed by atoms with Crippen LogP contribution in [0.5, 0.6) is 0 Å². The van der Waals surface area contributed by atoms with Crippen molar-refractivity contribution in [2.75, 3.05) is 0 Å². The summed E-state index contributed by atoms with van der Waals surface area (Å²) in [5, 5.41) is 3.94. The van der Waals surface area contributed by atoms with E-state index in [0.717, 1.165) is 17.0 Å². The number of rotatable bonds is 6. The standard InChI is InChI=1S/C15H22FNS/c1-10(2)11(3)18-15-7-12(6-13(16)8-15)9-17-14-4-5-14/h6-8,10-11,14,17H,4-5,9H2,1-3H3. The van der Waals surface area contributed by atoms with E-state index in [1.807, 2.05) is 0 Å². The summed E-state index contributed by atoms with van der Waals surface area (Å²) in [5.74, 6) is 0.481. The number of benzene rings is 1. The molecule has 1 atom stereocenters. The van der Waals surface area contributed by atoms with Gasteiger partial charge in [0, 0.05) is 22.7 Å². The van der Waals surface area contributed by atoms with Crippen LogP contribution in [0, 0.1) is 11.7 Å². The highest BCUT2D eigenvalue weighted by molar-refractivity contribution is 8.00. The van der Waals surface area contributed by atoms with E-state index in [1.54, 1.807) is 23.9 Å². The van der Waals surface area contributed by atoms with Gasteiger partial charge in [0.05, 0.1) is 0 Å². The van der Waals surface area contributed by atoms with Gasteiger partial charge in [-0.15, -0.1) is 11.8 Å². The molecule has 1 aliphatic carbocycles. The Hall–Kier alpha value is -0.540. The Balaban J connectivity index is 2.00. The average molecular weight is 267 g/mol. The molecule has 1 saturated carbocycles. The second kappa shape index (κ2) is 6.07. The zero-order chi connectivity index (χ0) is 13.1. The Morgan fingerprint density at radius 3 is 2.61 bits per heavy atom. The molecule has 1 aliphatic rings. The van der Waals surface area contributed by atoms with Crippen molar-refractivity contribution in [3.63, 3.8) is 0 Å². The third-order valence-corrected chi connectivity index (χ3v) is 4.79. The molecule has 100 valence electrons. The summed E-state index contributed by atoms with van der Waals surface area (Å²) < 4.78 is 13.6. The molecular formula is C15H22FNS. The first-order chi connectivity index (χ1) is 8.54. The minimum atomic E-state index is -0.122. The van der Waals surface area contributed by atoms with Gasteiger partial charge in [-0.25, -0.2) is 4.39 Å². The molecule has 3 heteroatoms. The minimum absolute atomic E-state index is 0.122. The third-order valence-electron chi connectivity index (χ3n) is 3.36. The summed E-state index contributed by atoms with van der Waals surface area (Å²) in [6, 6.07) is 6.06. The maximum atomic E-state index is 13.6. The predicted octanol–water partition coefficient (Wildman–Crippen LogP) is 4.21. The van der Waals surface area contributed by atoms with Crippen molar-refractivity contribution in [1.82, 2.24) is 5.32 Å². The van der Waals surface area contributed by atoms with Crippen molar-refractivity contribution >= 4 is 11.8 Å². The molecule has 0 bridgehead atoms. The Bertz CT molecular complexity index is 401. The van der Waals surface area contributed by atoms with Crippen LogP contribution in [-0.4, -0.2) is 11.3 Å².